The highest BCUT2D eigenvalue weighted by atomic mass is 19.1. The molecule has 6 nitrogen and oxygen atoms in total. The molecule has 1 N–H and O–H groups in total. The molecule has 0 atom stereocenters. The van der Waals surface area contributed by atoms with E-state index in [0.29, 0.717) is 5.69 Å². The molecule has 0 spiro atoms. The third-order valence-corrected chi connectivity index (χ3v) is 3.42. The molecule has 0 aliphatic heterocycles. The van der Waals surface area contributed by atoms with Crippen molar-refractivity contribution in [2.24, 2.45) is 0 Å². The first kappa shape index (κ1) is 17.4. The molecule has 0 aliphatic carbocycles. The summed E-state index contributed by atoms with van der Waals surface area (Å²) >= 11 is 0. The van der Waals surface area contributed by atoms with Crippen molar-refractivity contribution in [1.82, 2.24) is 0 Å². The Hall–Kier alpha value is -2.96. The van der Waals surface area contributed by atoms with E-state index in [1.807, 2.05) is 32.9 Å². The molecule has 2 rings (SSSR count). The largest absolute Gasteiger partial charge is 0.477 e. The maximum atomic E-state index is 13.2. The zero-order valence-electron chi connectivity index (χ0n) is 13.6. The van der Waals surface area contributed by atoms with Gasteiger partial charge < -0.3 is 10.1 Å². The highest BCUT2D eigenvalue weighted by Gasteiger charge is 2.17. The average molecular weight is 332 g/mol. The highest BCUT2D eigenvalue weighted by molar-refractivity contribution is 5.93. The van der Waals surface area contributed by atoms with Gasteiger partial charge in [-0.15, -0.1) is 0 Å². The van der Waals surface area contributed by atoms with Crippen molar-refractivity contribution in [1.29, 1.82) is 0 Å². The van der Waals surface area contributed by atoms with Crippen LogP contribution in [0.15, 0.2) is 30.3 Å². The molecule has 24 heavy (non-hydrogen) atoms. The van der Waals surface area contributed by atoms with Crippen molar-refractivity contribution < 1.29 is 18.8 Å². The SMILES string of the molecule is Cc1cc(C)c(NC(=O)COc2cc(F)ccc2[N+](=O)[O-])c(C)c1. The Labute approximate surface area is 138 Å². The number of nitrogens with zero attached hydrogens (tertiary/aromatic N) is 1. The van der Waals surface area contributed by atoms with E-state index in [2.05, 4.69) is 5.32 Å². The van der Waals surface area contributed by atoms with E-state index in [1.54, 1.807) is 0 Å². The van der Waals surface area contributed by atoms with Gasteiger partial charge in [-0.05, 0) is 38.0 Å². The quantitative estimate of drug-likeness (QED) is 0.669. The van der Waals surface area contributed by atoms with Gasteiger partial charge in [-0.2, -0.15) is 0 Å². The summed E-state index contributed by atoms with van der Waals surface area (Å²) in [5, 5.41) is 13.6. The number of halogens is 1. The number of nitro groups is 1. The summed E-state index contributed by atoms with van der Waals surface area (Å²) in [6.07, 6.45) is 0. The number of rotatable bonds is 5. The molecule has 0 fully saturated rings. The Morgan fingerprint density at radius 2 is 1.83 bits per heavy atom. The second-order valence-electron chi connectivity index (χ2n) is 5.48. The van der Waals surface area contributed by atoms with Gasteiger partial charge in [0.1, 0.15) is 5.82 Å². The zero-order valence-corrected chi connectivity index (χ0v) is 13.6. The summed E-state index contributed by atoms with van der Waals surface area (Å²) < 4.78 is 18.3. The van der Waals surface area contributed by atoms with E-state index >= 15 is 0 Å². The van der Waals surface area contributed by atoms with E-state index in [-0.39, 0.29) is 5.75 Å². The van der Waals surface area contributed by atoms with Crippen molar-refractivity contribution in [3.05, 3.63) is 63.0 Å². The first-order valence-electron chi connectivity index (χ1n) is 7.22. The molecule has 0 heterocycles. The fourth-order valence-corrected chi connectivity index (χ4v) is 2.45. The number of nitro benzene ring substituents is 1. The van der Waals surface area contributed by atoms with Crippen molar-refractivity contribution in [3.8, 4) is 5.75 Å². The van der Waals surface area contributed by atoms with E-state index in [9.17, 15) is 19.3 Å². The van der Waals surface area contributed by atoms with E-state index in [0.717, 1.165) is 34.9 Å². The molecular weight excluding hydrogens is 315 g/mol. The minimum Gasteiger partial charge on any atom is -0.477 e. The zero-order chi connectivity index (χ0) is 17.9. The predicted octanol–water partition coefficient (Wildman–Crippen LogP) is 3.68. The molecule has 0 saturated carbocycles. The number of carbonyl (C=O) groups is 1. The number of nitrogens with one attached hydrogen (secondary N) is 1. The van der Waals surface area contributed by atoms with Crippen LogP contribution in [0.25, 0.3) is 0 Å². The third kappa shape index (κ3) is 4.07. The van der Waals surface area contributed by atoms with Gasteiger partial charge >= 0.3 is 5.69 Å². The van der Waals surface area contributed by atoms with Crippen LogP contribution in [0.3, 0.4) is 0 Å². The van der Waals surface area contributed by atoms with Gasteiger partial charge in [-0.3, -0.25) is 14.9 Å². The lowest BCUT2D eigenvalue weighted by molar-refractivity contribution is -0.385. The van der Waals surface area contributed by atoms with E-state index in [4.69, 9.17) is 4.74 Å². The lowest BCUT2D eigenvalue weighted by Crippen LogP contribution is -2.21. The number of aryl methyl sites for hydroxylation is 3. The molecule has 0 aromatic heterocycles. The minimum atomic E-state index is -0.694. The van der Waals surface area contributed by atoms with Gasteiger partial charge in [0.15, 0.2) is 6.61 Å². The van der Waals surface area contributed by atoms with Crippen molar-refractivity contribution in [2.75, 3.05) is 11.9 Å². The second-order valence-corrected chi connectivity index (χ2v) is 5.48. The molecule has 0 radical (unpaired) electrons. The minimum absolute atomic E-state index is 0.285. The number of carbonyl (C=O) groups excluding carboxylic acids is 1. The number of ether oxygens (including phenoxy) is 1. The first-order chi connectivity index (χ1) is 11.3. The van der Waals surface area contributed by atoms with Crippen LogP contribution in [0.5, 0.6) is 5.75 Å². The summed E-state index contributed by atoms with van der Waals surface area (Å²) in [6.45, 7) is 5.23. The molecule has 0 unspecified atom stereocenters. The molecular formula is C17H17FN2O4. The summed E-state index contributed by atoms with van der Waals surface area (Å²) in [7, 11) is 0. The maximum absolute atomic E-state index is 13.2. The summed E-state index contributed by atoms with van der Waals surface area (Å²) in [5.74, 6) is -1.45. The second kappa shape index (κ2) is 7.08. The molecule has 126 valence electrons. The van der Waals surface area contributed by atoms with E-state index in [1.165, 1.54) is 0 Å². The Morgan fingerprint density at radius 3 is 2.42 bits per heavy atom. The van der Waals surface area contributed by atoms with Crippen LogP contribution >= 0.6 is 0 Å². The lowest BCUT2D eigenvalue weighted by atomic mass is 10.1. The standard InChI is InChI=1S/C17H17FN2O4/c1-10-6-11(2)17(12(3)7-10)19-16(21)9-24-15-8-13(18)4-5-14(15)20(22)23/h4-8H,9H2,1-3H3,(H,19,21). The van der Waals surface area contributed by atoms with Crippen molar-refractivity contribution in [2.45, 2.75) is 20.8 Å². The van der Waals surface area contributed by atoms with Gasteiger partial charge in [0.25, 0.3) is 5.91 Å². The number of anilines is 1. The van der Waals surface area contributed by atoms with Gasteiger partial charge in [-0.1, -0.05) is 17.7 Å². The number of amides is 1. The fraction of sp³-hybridized carbons (Fsp3) is 0.235. The van der Waals surface area contributed by atoms with Crippen LogP contribution in [-0.2, 0) is 4.79 Å². The maximum Gasteiger partial charge on any atom is 0.311 e. The highest BCUT2D eigenvalue weighted by Crippen LogP contribution is 2.27. The topological polar surface area (TPSA) is 81.5 Å². The molecule has 1 amide bonds. The van der Waals surface area contributed by atoms with Crippen LogP contribution in [0.1, 0.15) is 16.7 Å². The number of benzene rings is 2. The molecule has 7 heteroatoms. The number of hydrogen-bond acceptors (Lipinski definition) is 4. The van der Waals surface area contributed by atoms with Crippen LogP contribution in [0.4, 0.5) is 15.8 Å². The molecule has 0 aliphatic rings. The van der Waals surface area contributed by atoms with Crippen LogP contribution < -0.4 is 10.1 Å². The first-order valence-corrected chi connectivity index (χ1v) is 7.22. The van der Waals surface area contributed by atoms with Gasteiger partial charge in [0.2, 0.25) is 5.75 Å². The van der Waals surface area contributed by atoms with Crippen molar-refractivity contribution in [3.63, 3.8) is 0 Å². The molecule has 2 aromatic carbocycles. The number of hydrogen-bond donors (Lipinski definition) is 1. The fourth-order valence-electron chi connectivity index (χ4n) is 2.45. The summed E-state index contributed by atoms with van der Waals surface area (Å²) in [6, 6.07) is 6.70. The van der Waals surface area contributed by atoms with Crippen molar-refractivity contribution >= 4 is 17.3 Å². The van der Waals surface area contributed by atoms with E-state index < -0.39 is 28.9 Å². The smallest absolute Gasteiger partial charge is 0.311 e. The normalized spacial score (nSPS) is 10.3. The molecule has 0 saturated heterocycles. The monoisotopic (exact) mass is 332 g/mol. The molecule has 0 bridgehead atoms. The Balaban J connectivity index is 2.10. The van der Waals surface area contributed by atoms with Crippen LogP contribution in [0.2, 0.25) is 0 Å². The Bertz CT molecular complexity index is 782. The Morgan fingerprint density at radius 1 is 1.21 bits per heavy atom. The van der Waals surface area contributed by atoms with Gasteiger partial charge in [-0.25, -0.2) is 4.39 Å². The van der Waals surface area contributed by atoms with Gasteiger partial charge in [0, 0.05) is 17.8 Å². The third-order valence-electron chi connectivity index (χ3n) is 3.42. The average Bonchev–Trinajstić information content (AvgIpc) is 2.48. The van der Waals surface area contributed by atoms with Crippen LogP contribution in [-0.4, -0.2) is 17.4 Å². The predicted molar refractivity (Wildman–Crippen MR) is 87.8 cm³/mol. The summed E-state index contributed by atoms with van der Waals surface area (Å²) in [5.41, 5.74) is 3.15. The lowest BCUT2D eigenvalue weighted by Gasteiger charge is -2.13. The Kier molecular flexibility index (Phi) is 5.13. The van der Waals surface area contributed by atoms with Crippen LogP contribution in [0, 0.1) is 36.7 Å². The molecule has 2 aromatic rings. The summed E-state index contributed by atoms with van der Waals surface area (Å²) in [4.78, 5) is 22.2. The van der Waals surface area contributed by atoms with Gasteiger partial charge in [0.05, 0.1) is 4.92 Å².